The van der Waals surface area contributed by atoms with Crippen LogP contribution in [0.5, 0.6) is 0 Å². The van der Waals surface area contributed by atoms with Crippen LogP contribution in [0.4, 0.5) is 5.69 Å². The summed E-state index contributed by atoms with van der Waals surface area (Å²) in [6.07, 6.45) is 0. The summed E-state index contributed by atoms with van der Waals surface area (Å²) in [6.45, 7) is 1.92. The highest BCUT2D eigenvalue weighted by Gasteiger charge is 2.14. The standard InChI is InChI=1S/C12H16N2O3.ClH/c1-8(12(16)17-2)7-14-11(15)9-4-3-5-10(13)6-9;/h3-6,8H,7,13H2,1-2H3,(H,14,15);1H. The molecule has 1 aromatic rings. The molecule has 1 unspecified atom stereocenters. The minimum atomic E-state index is -0.370. The van der Waals surface area contributed by atoms with Crippen molar-refractivity contribution in [2.24, 2.45) is 5.92 Å². The molecule has 6 heteroatoms. The predicted molar refractivity (Wildman–Crippen MR) is 71.6 cm³/mol. The fourth-order valence-electron chi connectivity index (χ4n) is 1.31. The van der Waals surface area contributed by atoms with E-state index in [1.807, 2.05) is 0 Å². The smallest absolute Gasteiger partial charge is 0.310 e. The maximum Gasteiger partial charge on any atom is 0.310 e. The van der Waals surface area contributed by atoms with E-state index in [1.165, 1.54) is 7.11 Å². The number of nitrogen functional groups attached to an aromatic ring is 1. The fraction of sp³-hybridized carbons (Fsp3) is 0.333. The van der Waals surface area contributed by atoms with E-state index in [1.54, 1.807) is 31.2 Å². The van der Waals surface area contributed by atoms with Crippen LogP contribution in [0.25, 0.3) is 0 Å². The van der Waals surface area contributed by atoms with Crippen molar-refractivity contribution in [3.05, 3.63) is 29.8 Å². The zero-order valence-electron chi connectivity index (χ0n) is 10.3. The van der Waals surface area contributed by atoms with E-state index in [-0.39, 0.29) is 36.7 Å². The van der Waals surface area contributed by atoms with E-state index in [0.29, 0.717) is 11.3 Å². The first-order valence-electron chi connectivity index (χ1n) is 5.26. The highest BCUT2D eigenvalue weighted by molar-refractivity contribution is 5.95. The summed E-state index contributed by atoms with van der Waals surface area (Å²) in [5, 5.41) is 2.65. The summed E-state index contributed by atoms with van der Waals surface area (Å²) in [6, 6.07) is 6.65. The molecule has 0 aliphatic heterocycles. The number of esters is 1. The van der Waals surface area contributed by atoms with Crippen LogP contribution in [0, 0.1) is 5.92 Å². The Labute approximate surface area is 112 Å². The van der Waals surface area contributed by atoms with E-state index >= 15 is 0 Å². The average Bonchev–Trinajstić information content (AvgIpc) is 2.34. The minimum Gasteiger partial charge on any atom is -0.469 e. The van der Waals surface area contributed by atoms with Gasteiger partial charge in [-0.3, -0.25) is 9.59 Å². The Bertz CT molecular complexity index is 424. The molecule has 0 radical (unpaired) electrons. The number of halogens is 1. The van der Waals surface area contributed by atoms with Crippen molar-refractivity contribution < 1.29 is 14.3 Å². The van der Waals surface area contributed by atoms with Crippen molar-refractivity contribution in [1.29, 1.82) is 0 Å². The maximum absolute atomic E-state index is 11.7. The number of carbonyl (C=O) groups is 2. The second kappa shape index (κ2) is 7.55. The molecule has 100 valence electrons. The van der Waals surface area contributed by atoms with Crippen LogP contribution in [0.15, 0.2) is 24.3 Å². The van der Waals surface area contributed by atoms with Gasteiger partial charge in [-0.25, -0.2) is 0 Å². The number of hydrogen-bond acceptors (Lipinski definition) is 4. The number of ether oxygens (including phenoxy) is 1. The first-order chi connectivity index (χ1) is 8.04. The van der Waals surface area contributed by atoms with Gasteiger partial charge in [0.05, 0.1) is 13.0 Å². The summed E-state index contributed by atoms with van der Waals surface area (Å²) in [7, 11) is 1.32. The van der Waals surface area contributed by atoms with Crippen LogP contribution in [-0.4, -0.2) is 25.5 Å². The zero-order chi connectivity index (χ0) is 12.8. The molecule has 1 aromatic carbocycles. The third kappa shape index (κ3) is 4.63. The van der Waals surface area contributed by atoms with Gasteiger partial charge in [-0.1, -0.05) is 13.0 Å². The van der Waals surface area contributed by atoms with Gasteiger partial charge in [0, 0.05) is 17.8 Å². The lowest BCUT2D eigenvalue weighted by Crippen LogP contribution is -2.32. The SMILES string of the molecule is COC(=O)C(C)CNC(=O)c1cccc(N)c1.Cl. The average molecular weight is 273 g/mol. The summed E-state index contributed by atoms with van der Waals surface area (Å²) in [5.41, 5.74) is 6.57. The van der Waals surface area contributed by atoms with E-state index in [2.05, 4.69) is 10.1 Å². The quantitative estimate of drug-likeness (QED) is 0.638. The third-order valence-electron chi connectivity index (χ3n) is 2.32. The minimum absolute atomic E-state index is 0. The number of carbonyl (C=O) groups excluding carboxylic acids is 2. The van der Waals surface area contributed by atoms with Gasteiger partial charge < -0.3 is 15.8 Å². The lowest BCUT2D eigenvalue weighted by atomic mass is 10.1. The van der Waals surface area contributed by atoms with Crippen molar-refractivity contribution in [2.75, 3.05) is 19.4 Å². The van der Waals surface area contributed by atoms with E-state index in [9.17, 15) is 9.59 Å². The number of rotatable bonds is 4. The predicted octanol–water partition coefficient (Wildman–Crippen LogP) is 1.23. The second-order valence-electron chi connectivity index (χ2n) is 3.76. The van der Waals surface area contributed by atoms with Gasteiger partial charge in [0.1, 0.15) is 0 Å². The van der Waals surface area contributed by atoms with Gasteiger partial charge in [-0.15, -0.1) is 12.4 Å². The Kier molecular flexibility index (Phi) is 6.82. The molecule has 0 saturated heterocycles. The summed E-state index contributed by atoms with van der Waals surface area (Å²) < 4.78 is 4.56. The first kappa shape index (κ1) is 16.2. The molecule has 1 amide bonds. The van der Waals surface area contributed by atoms with Crippen LogP contribution >= 0.6 is 12.4 Å². The molecule has 0 spiro atoms. The maximum atomic E-state index is 11.7. The number of nitrogens with two attached hydrogens (primary N) is 1. The Balaban J connectivity index is 0.00000289. The van der Waals surface area contributed by atoms with E-state index in [4.69, 9.17) is 5.73 Å². The Morgan fingerprint density at radius 1 is 1.44 bits per heavy atom. The normalized spacial score (nSPS) is 11.0. The molecule has 0 bridgehead atoms. The monoisotopic (exact) mass is 272 g/mol. The van der Waals surface area contributed by atoms with Crippen LogP contribution in [-0.2, 0) is 9.53 Å². The number of nitrogens with one attached hydrogen (secondary N) is 1. The van der Waals surface area contributed by atoms with Gasteiger partial charge in [0.25, 0.3) is 5.91 Å². The van der Waals surface area contributed by atoms with Crippen molar-refractivity contribution >= 4 is 30.0 Å². The molecular formula is C12H17ClN2O3. The highest BCUT2D eigenvalue weighted by atomic mass is 35.5. The Hall–Kier alpha value is -1.75. The lowest BCUT2D eigenvalue weighted by molar-refractivity contribution is -0.144. The summed E-state index contributed by atoms with van der Waals surface area (Å²) in [5.74, 6) is -0.976. The van der Waals surface area contributed by atoms with Gasteiger partial charge in [-0.2, -0.15) is 0 Å². The van der Waals surface area contributed by atoms with Crippen LogP contribution in [0.1, 0.15) is 17.3 Å². The van der Waals surface area contributed by atoms with Crippen LogP contribution in [0.2, 0.25) is 0 Å². The molecule has 18 heavy (non-hydrogen) atoms. The number of hydrogen-bond donors (Lipinski definition) is 2. The highest BCUT2D eigenvalue weighted by Crippen LogP contribution is 2.06. The topological polar surface area (TPSA) is 81.4 Å². The number of anilines is 1. The van der Waals surface area contributed by atoms with Crippen molar-refractivity contribution in [3.63, 3.8) is 0 Å². The summed E-state index contributed by atoms with van der Waals surface area (Å²) in [4.78, 5) is 22.8. The Morgan fingerprint density at radius 3 is 2.67 bits per heavy atom. The first-order valence-corrected chi connectivity index (χ1v) is 5.26. The number of benzene rings is 1. The molecule has 5 nitrogen and oxygen atoms in total. The molecule has 0 aromatic heterocycles. The van der Waals surface area contributed by atoms with Crippen LogP contribution in [0.3, 0.4) is 0 Å². The van der Waals surface area contributed by atoms with Gasteiger partial charge >= 0.3 is 5.97 Å². The van der Waals surface area contributed by atoms with Crippen molar-refractivity contribution in [3.8, 4) is 0 Å². The molecule has 0 saturated carbocycles. The van der Waals surface area contributed by atoms with Crippen molar-refractivity contribution in [1.82, 2.24) is 5.32 Å². The number of amides is 1. The van der Waals surface area contributed by atoms with Gasteiger partial charge in [0.15, 0.2) is 0 Å². The zero-order valence-corrected chi connectivity index (χ0v) is 11.1. The van der Waals surface area contributed by atoms with Crippen LogP contribution < -0.4 is 11.1 Å². The molecule has 0 heterocycles. The van der Waals surface area contributed by atoms with E-state index < -0.39 is 0 Å². The van der Waals surface area contributed by atoms with Crippen molar-refractivity contribution in [2.45, 2.75) is 6.92 Å². The molecule has 0 aliphatic carbocycles. The molecule has 3 N–H and O–H groups in total. The number of methoxy groups -OCH3 is 1. The Morgan fingerprint density at radius 2 is 2.11 bits per heavy atom. The van der Waals surface area contributed by atoms with Gasteiger partial charge in [-0.05, 0) is 18.2 Å². The molecule has 0 aliphatic rings. The largest absolute Gasteiger partial charge is 0.469 e. The van der Waals surface area contributed by atoms with Gasteiger partial charge in [0.2, 0.25) is 0 Å². The second-order valence-corrected chi connectivity index (χ2v) is 3.76. The lowest BCUT2D eigenvalue weighted by Gasteiger charge is -2.10. The van der Waals surface area contributed by atoms with E-state index in [0.717, 1.165) is 0 Å². The third-order valence-corrected chi connectivity index (χ3v) is 2.32. The molecule has 1 atom stereocenters. The molecular weight excluding hydrogens is 256 g/mol. The molecule has 1 rings (SSSR count). The fourth-order valence-corrected chi connectivity index (χ4v) is 1.31. The molecule has 0 fully saturated rings. The summed E-state index contributed by atoms with van der Waals surface area (Å²) >= 11 is 0.